The van der Waals surface area contributed by atoms with Crippen molar-refractivity contribution in [2.75, 3.05) is 10.2 Å². The van der Waals surface area contributed by atoms with Crippen molar-refractivity contribution >= 4 is 62.4 Å². The van der Waals surface area contributed by atoms with Crippen LogP contribution in [0.4, 0.5) is 10.3 Å². The second kappa shape index (κ2) is 7.18. The molecule has 1 atom stereocenters. The van der Waals surface area contributed by atoms with Crippen LogP contribution in [0.15, 0.2) is 40.2 Å². The first-order chi connectivity index (χ1) is 13.0. The fourth-order valence-electron chi connectivity index (χ4n) is 2.40. The summed E-state index contributed by atoms with van der Waals surface area (Å²) in [5, 5.41) is 12.7. The van der Waals surface area contributed by atoms with E-state index in [-0.39, 0.29) is 11.0 Å². The van der Waals surface area contributed by atoms with Crippen molar-refractivity contribution in [2.45, 2.75) is 16.5 Å². The summed E-state index contributed by atoms with van der Waals surface area (Å²) in [6.45, 7) is 1.73. The molecule has 0 bridgehead atoms. The Morgan fingerprint density at radius 3 is 2.52 bits per heavy atom. The molecule has 27 heavy (non-hydrogen) atoms. The highest BCUT2D eigenvalue weighted by molar-refractivity contribution is 8.02. The summed E-state index contributed by atoms with van der Waals surface area (Å²) in [6.07, 6.45) is 1.61. The van der Waals surface area contributed by atoms with Crippen LogP contribution >= 0.6 is 34.4 Å². The maximum Gasteiger partial charge on any atom is 0.268 e. The maximum absolute atomic E-state index is 12.5. The van der Waals surface area contributed by atoms with Gasteiger partial charge in [0.15, 0.2) is 9.47 Å². The monoisotopic (exact) mass is 417 g/mol. The van der Waals surface area contributed by atoms with Crippen LogP contribution in [-0.2, 0) is 4.79 Å². The van der Waals surface area contributed by atoms with E-state index in [0.717, 1.165) is 16.2 Å². The maximum atomic E-state index is 12.5. The van der Waals surface area contributed by atoms with Gasteiger partial charge in [-0.3, -0.25) is 14.4 Å². The predicted molar refractivity (Wildman–Crippen MR) is 104 cm³/mol. The number of imide groups is 1. The largest absolute Gasteiger partial charge is 0.301 e. The van der Waals surface area contributed by atoms with Crippen molar-refractivity contribution < 1.29 is 14.4 Å². The lowest BCUT2D eigenvalue weighted by atomic mass is 10.1. The van der Waals surface area contributed by atoms with Gasteiger partial charge in [0.2, 0.25) is 11.0 Å². The van der Waals surface area contributed by atoms with Gasteiger partial charge in [-0.1, -0.05) is 35.2 Å². The lowest BCUT2D eigenvalue weighted by Gasteiger charge is -2.08. The molecule has 0 saturated carbocycles. The SMILES string of the molecule is CC(Sc1nnc(N2C(=O)c3ccccc3C2=O)s1)C(=O)Nc1nccs1. The van der Waals surface area contributed by atoms with Crippen molar-refractivity contribution in [3.8, 4) is 0 Å². The zero-order valence-corrected chi connectivity index (χ0v) is 16.2. The number of thiazole rings is 1. The van der Waals surface area contributed by atoms with E-state index in [4.69, 9.17) is 0 Å². The topological polar surface area (TPSA) is 105 Å². The Labute approximate surface area is 165 Å². The van der Waals surface area contributed by atoms with Gasteiger partial charge in [-0.15, -0.1) is 21.5 Å². The van der Waals surface area contributed by atoms with Crippen LogP contribution < -0.4 is 10.2 Å². The number of rotatable bonds is 5. The van der Waals surface area contributed by atoms with E-state index in [1.807, 2.05) is 0 Å². The number of hydrogen-bond acceptors (Lipinski definition) is 9. The summed E-state index contributed by atoms with van der Waals surface area (Å²) in [4.78, 5) is 42.2. The van der Waals surface area contributed by atoms with Gasteiger partial charge in [0, 0.05) is 11.6 Å². The molecule has 3 aromatic rings. The third-order valence-electron chi connectivity index (χ3n) is 3.69. The summed E-state index contributed by atoms with van der Waals surface area (Å²) in [5.41, 5.74) is 0.700. The zero-order chi connectivity index (χ0) is 19.0. The van der Waals surface area contributed by atoms with Gasteiger partial charge in [0.25, 0.3) is 11.8 Å². The van der Waals surface area contributed by atoms with Crippen molar-refractivity contribution in [2.24, 2.45) is 0 Å². The minimum atomic E-state index is -0.447. The average molecular weight is 417 g/mol. The standard InChI is InChI=1S/C16H11N5O3S3/c1-8(11(22)18-14-17-6-7-25-14)26-16-20-19-15(27-16)21-12(23)9-4-2-3-5-10(9)13(21)24/h2-8H,1H3,(H,17,18,22). The van der Waals surface area contributed by atoms with Crippen LogP contribution in [-0.4, -0.2) is 38.2 Å². The Morgan fingerprint density at radius 2 is 1.89 bits per heavy atom. The van der Waals surface area contributed by atoms with Crippen LogP contribution in [0.5, 0.6) is 0 Å². The fraction of sp³-hybridized carbons (Fsp3) is 0.125. The average Bonchev–Trinajstić information content (AvgIpc) is 3.38. The van der Waals surface area contributed by atoms with Gasteiger partial charge >= 0.3 is 0 Å². The number of amides is 3. The third-order valence-corrected chi connectivity index (χ3v) is 6.47. The normalized spacial score (nSPS) is 14.3. The van der Waals surface area contributed by atoms with Gasteiger partial charge in [-0.25, -0.2) is 9.88 Å². The molecule has 0 fully saturated rings. The number of anilines is 2. The molecular weight excluding hydrogens is 406 g/mol. The molecule has 3 heterocycles. The first-order valence-electron chi connectivity index (χ1n) is 7.73. The summed E-state index contributed by atoms with van der Waals surface area (Å²) < 4.78 is 0.489. The van der Waals surface area contributed by atoms with Gasteiger partial charge in [-0.2, -0.15) is 0 Å². The number of carbonyl (C=O) groups is 3. The van der Waals surface area contributed by atoms with Crippen molar-refractivity contribution in [1.29, 1.82) is 0 Å². The number of carbonyl (C=O) groups excluding carboxylic acids is 3. The lowest BCUT2D eigenvalue weighted by molar-refractivity contribution is -0.115. The highest BCUT2D eigenvalue weighted by Crippen LogP contribution is 2.35. The van der Waals surface area contributed by atoms with Crippen LogP contribution in [0.2, 0.25) is 0 Å². The predicted octanol–water partition coefficient (Wildman–Crippen LogP) is 2.91. The number of nitrogens with one attached hydrogen (secondary N) is 1. The molecule has 11 heteroatoms. The highest BCUT2D eigenvalue weighted by Gasteiger charge is 2.38. The molecule has 1 aliphatic rings. The van der Waals surface area contributed by atoms with Gasteiger partial charge in [-0.05, 0) is 19.1 Å². The highest BCUT2D eigenvalue weighted by atomic mass is 32.2. The number of fused-ring (bicyclic) bond motifs is 1. The van der Waals surface area contributed by atoms with E-state index in [1.165, 1.54) is 23.1 Å². The molecule has 0 radical (unpaired) electrons. The van der Waals surface area contributed by atoms with E-state index >= 15 is 0 Å². The number of aromatic nitrogens is 3. The Balaban J connectivity index is 1.47. The molecule has 0 saturated heterocycles. The van der Waals surface area contributed by atoms with Crippen molar-refractivity contribution in [1.82, 2.24) is 15.2 Å². The number of nitrogens with zero attached hydrogens (tertiary/aromatic N) is 4. The Bertz CT molecular complexity index is 999. The molecule has 1 aromatic carbocycles. The molecule has 1 aliphatic heterocycles. The van der Waals surface area contributed by atoms with Crippen LogP contribution in [0, 0.1) is 0 Å². The molecule has 1 unspecified atom stereocenters. The summed E-state index contributed by atoms with van der Waals surface area (Å²) in [6, 6.07) is 6.63. The molecular formula is C16H11N5O3S3. The minimum absolute atomic E-state index is 0.191. The van der Waals surface area contributed by atoms with E-state index in [0.29, 0.717) is 20.6 Å². The summed E-state index contributed by atoms with van der Waals surface area (Å²) in [5.74, 6) is -1.05. The van der Waals surface area contributed by atoms with Gasteiger partial charge in [0.1, 0.15) is 0 Å². The van der Waals surface area contributed by atoms with E-state index < -0.39 is 17.1 Å². The molecule has 1 N–H and O–H groups in total. The smallest absolute Gasteiger partial charge is 0.268 e. The molecule has 3 amide bonds. The second-order valence-electron chi connectivity index (χ2n) is 5.43. The van der Waals surface area contributed by atoms with Crippen molar-refractivity contribution in [3.05, 3.63) is 47.0 Å². The summed E-state index contributed by atoms with van der Waals surface area (Å²) in [7, 11) is 0. The quantitative estimate of drug-likeness (QED) is 0.386. The van der Waals surface area contributed by atoms with Gasteiger partial charge < -0.3 is 5.32 Å². The fourth-order valence-corrected chi connectivity index (χ4v) is 4.91. The number of benzene rings is 1. The van der Waals surface area contributed by atoms with E-state index in [1.54, 1.807) is 42.8 Å². The van der Waals surface area contributed by atoms with E-state index in [9.17, 15) is 14.4 Å². The Morgan fingerprint density at radius 1 is 1.19 bits per heavy atom. The Kier molecular flexibility index (Phi) is 4.72. The lowest BCUT2D eigenvalue weighted by Crippen LogP contribution is -2.29. The van der Waals surface area contributed by atoms with Crippen LogP contribution in [0.25, 0.3) is 0 Å². The number of thioether (sulfide) groups is 1. The van der Waals surface area contributed by atoms with Crippen LogP contribution in [0.3, 0.4) is 0 Å². The zero-order valence-electron chi connectivity index (χ0n) is 13.8. The third kappa shape index (κ3) is 3.36. The Hall–Kier alpha value is -2.63. The van der Waals surface area contributed by atoms with E-state index in [2.05, 4.69) is 20.5 Å². The van der Waals surface area contributed by atoms with Crippen molar-refractivity contribution in [3.63, 3.8) is 0 Å². The summed E-state index contributed by atoms with van der Waals surface area (Å²) >= 11 is 3.62. The first-order valence-corrected chi connectivity index (χ1v) is 10.3. The molecule has 8 nitrogen and oxygen atoms in total. The molecule has 0 spiro atoms. The first kappa shape index (κ1) is 17.8. The molecule has 2 aromatic heterocycles. The number of hydrogen-bond donors (Lipinski definition) is 1. The molecule has 136 valence electrons. The molecule has 0 aliphatic carbocycles. The van der Waals surface area contributed by atoms with Gasteiger partial charge in [0.05, 0.1) is 16.4 Å². The molecule has 4 rings (SSSR count). The minimum Gasteiger partial charge on any atom is -0.301 e. The second-order valence-corrected chi connectivity index (χ2v) is 8.87. The van der Waals surface area contributed by atoms with Crippen LogP contribution in [0.1, 0.15) is 27.6 Å².